The van der Waals surface area contributed by atoms with Crippen molar-refractivity contribution in [3.63, 3.8) is 0 Å². The van der Waals surface area contributed by atoms with E-state index < -0.39 is 10.0 Å². The van der Waals surface area contributed by atoms with Crippen LogP contribution in [0.1, 0.15) is 30.7 Å². The second-order valence-corrected chi connectivity index (χ2v) is 9.95. The molecule has 31 heavy (non-hydrogen) atoms. The van der Waals surface area contributed by atoms with E-state index in [4.69, 9.17) is 0 Å². The van der Waals surface area contributed by atoms with Gasteiger partial charge in [-0.1, -0.05) is 48.0 Å². The van der Waals surface area contributed by atoms with Crippen molar-refractivity contribution in [1.82, 2.24) is 13.9 Å². The normalized spacial score (nSPS) is 12.2. The maximum Gasteiger partial charge on any atom is 0.245 e. The lowest BCUT2D eigenvalue weighted by atomic mass is 10.1. The van der Waals surface area contributed by atoms with E-state index in [1.165, 1.54) is 11.1 Å². The van der Waals surface area contributed by atoms with Gasteiger partial charge in [-0.15, -0.1) is 0 Å². The lowest BCUT2D eigenvalue weighted by Gasteiger charge is -2.27. The number of rotatable bonds is 7. The largest absolute Gasteiger partial charge is 0.346 e. The fraction of sp³-hybridized carbons (Fsp3) is 0.240. The van der Waals surface area contributed by atoms with Crippen molar-refractivity contribution in [2.24, 2.45) is 0 Å². The molecule has 0 N–H and O–H groups in total. The molecule has 160 valence electrons. The molecule has 0 aliphatic rings. The molecule has 4 rings (SSSR count). The van der Waals surface area contributed by atoms with Gasteiger partial charge in [0.25, 0.3) is 0 Å². The lowest BCUT2D eigenvalue weighted by Crippen LogP contribution is -2.37. The van der Waals surface area contributed by atoms with Gasteiger partial charge < -0.3 is 4.57 Å². The molecule has 2 aromatic carbocycles. The topological polar surface area (TPSA) is 55.2 Å². The quantitative estimate of drug-likeness (QED) is 0.412. The standard InChI is InChI=1S/C25H27N3O2S/c1-19(2)28(31(29,30)24-10-4-7-22-8-5-15-26-25(22)24)18-23-9-6-16-27(23)17-21-13-11-20(3)12-14-21/h4-16,19H,17-18H2,1-3H3. The van der Waals surface area contributed by atoms with Gasteiger partial charge in [-0.25, -0.2) is 8.42 Å². The van der Waals surface area contributed by atoms with Gasteiger partial charge in [0.05, 0.1) is 12.1 Å². The molecule has 0 radical (unpaired) electrons. The maximum atomic E-state index is 13.7. The predicted octanol–water partition coefficient (Wildman–Crippen LogP) is 4.99. The van der Waals surface area contributed by atoms with Crippen molar-refractivity contribution in [2.75, 3.05) is 0 Å². The summed E-state index contributed by atoms with van der Waals surface area (Å²) in [6, 6.07) is 21.2. The van der Waals surface area contributed by atoms with Crippen molar-refractivity contribution in [3.8, 4) is 0 Å². The molecular weight excluding hydrogens is 406 g/mol. The summed E-state index contributed by atoms with van der Waals surface area (Å²) in [5.41, 5.74) is 3.86. The van der Waals surface area contributed by atoms with Gasteiger partial charge in [0.2, 0.25) is 10.0 Å². The van der Waals surface area contributed by atoms with E-state index >= 15 is 0 Å². The number of aromatic nitrogens is 2. The molecule has 6 heteroatoms. The summed E-state index contributed by atoms with van der Waals surface area (Å²) >= 11 is 0. The summed E-state index contributed by atoms with van der Waals surface area (Å²) in [5, 5.41) is 0.815. The molecule has 5 nitrogen and oxygen atoms in total. The number of sulfonamides is 1. The highest BCUT2D eigenvalue weighted by Crippen LogP contribution is 2.27. The van der Waals surface area contributed by atoms with E-state index in [-0.39, 0.29) is 10.9 Å². The molecule has 0 saturated heterocycles. The lowest BCUT2D eigenvalue weighted by molar-refractivity contribution is 0.340. The van der Waals surface area contributed by atoms with Crippen LogP contribution in [-0.2, 0) is 23.1 Å². The zero-order valence-electron chi connectivity index (χ0n) is 18.1. The minimum atomic E-state index is -3.74. The molecule has 0 amide bonds. The first-order chi connectivity index (χ1) is 14.9. The number of benzene rings is 2. The highest BCUT2D eigenvalue weighted by Gasteiger charge is 2.30. The Balaban J connectivity index is 1.68. The first-order valence-electron chi connectivity index (χ1n) is 10.4. The Morgan fingerprint density at radius 3 is 2.45 bits per heavy atom. The Kier molecular flexibility index (Phi) is 5.94. The van der Waals surface area contributed by atoms with Gasteiger partial charge in [-0.2, -0.15) is 4.31 Å². The molecule has 0 aliphatic heterocycles. The summed E-state index contributed by atoms with van der Waals surface area (Å²) in [6.07, 6.45) is 3.63. The van der Waals surface area contributed by atoms with Crippen LogP contribution >= 0.6 is 0 Å². The van der Waals surface area contributed by atoms with Crippen LogP contribution < -0.4 is 0 Å². The van der Waals surface area contributed by atoms with E-state index in [9.17, 15) is 8.42 Å². The average molecular weight is 434 g/mol. The summed E-state index contributed by atoms with van der Waals surface area (Å²) in [6.45, 7) is 6.87. The second-order valence-electron chi connectivity index (χ2n) is 8.09. The van der Waals surface area contributed by atoms with Crippen LogP contribution in [0, 0.1) is 6.92 Å². The smallest absolute Gasteiger partial charge is 0.245 e. The third-order valence-electron chi connectivity index (χ3n) is 5.47. The van der Waals surface area contributed by atoms with E-state index in [1.807, 2.05) is 50.4 Å². The number of hydrogen-bond donors (Lipinski definition) is 0. The second kappa shape index (κ2) is 8.65. The molecule has 2 heterocycles. The molecule has 0 spiro atoms. The molecule has 0 saturated carbocycles. The zero-order chi connectivity index (χ0) is 22.0. The molecule has 0 bridgehead atoms. The summed E-state index contributed by atoms with van der Waals surface area (Å²) in [7, 11) is -3.74. The van der Waals surface area contributed by atoms with Crippen molar-refractivity contribution >= 4 is 20.9 Å². The number of aryl methyl sites for hydroxylation is 1. The van der Waals surface area contributed by atoms with E-state index in [0.717, 1.165) is 11.1 Å². The van der Waals surface area contributed by atoms with Crippen molar-refractivity contribution < 1.29 is 8.42 Å². The van der Waals surface area contributed by atoms with Gasteiger partial charge in [0, 0.05) is 36.1 Å². The number of nitrogens with zero attached hydrogens (tertiary/aromatic N) is 3. The third kappa shape index (κ3) is 4.40. The van der Waals surface area contributed by atoms with Gasteiger partial charge in [0.1, 0.15) is 4.90 Å². The SMILES string of the molecule is Cc1ccc(Cn2cccc2CN(C(C)C)S(=O)(=O)c2cccc3cccnc23)cc1. The Morgan fingerprint density at radius 2 is 1.71 bits per heavy atom. The van der Waals surface area contributed by atoms with Crippen LogP contribution in [-0.4, -0.2) is 28.3 Å². The minimum Gasteiger partial charge on any atom is -0.346 e. The van der Waals surface area contributed by atoms with Gasteiger partial charge in [-0.3, -0.25) is 4.98 Å². The van der Waals surface area contributed by atoms with Crippen LogP contribution in [0.4, 0.5) is 0 Å². The Morgan fingerprint density at radius 1 is 0.968 bits per heavy atom. The average Bonchev–Trinajstić information content (AvgIpc) is 3.19. The highest BCUT2D eigenvalue weighted by molar-refractivity contribution is 7.89. The molecule has 0 aliphatic carbocycles. The first kappa shape index (κ1) is 21.3. The van der Waals surface area contributed by atoms with Crippen molar-refractivity contribution in [1.29, 1.82) is 0 Å². The predicted molar refractivity (Wildman–Crippen MR) is 124 cm³/mol. The fourth-order valence-corrected chi connectivity index (χ4v) is 5.53. The van der Waals surface area contributed by atoms with E-state index in [0.29, 0.717) is 18.6 Å². The summed E-state index contributed by atoms with van der Waals surface area (Å²) < 4.78 is 31.1. The Bertz CT molecular complexity index is 1290. The Hall–Kier alpha value is -2.96. The monoisotopic (exact) mass is 433 g/mol. The van der Waals surface area contributed by atoms with Crippen LogP contribution in [0.15, 0.2) is 84.0 Å². The first-order valence-corrected chi connectivity index (χ1v) is 11.9. The number of hydrogen-bond acceptors (Lipinski definition) is 3. The van der Waals surface area contributed by atoms with Crippen LogP contribution in [0.25, 0.3) is 10.9 Å². The minimum absolute atomic E-state index is 0.202. The van der Waals surface area contributed by atoms with Crippen molar-refractivity contribution in [2.45, 2.75) is 44.8 Å². The Labute approximate surface area is 184 Å². The number of pyridine rings is 1. The van der Waals surface area contributed by atoms with Gasteiger partial charge >= 0.3 is 0 Å². The summed E-state index contributed by atoms with van der Waals surface area (Å²) in [5.74, 6) is 0. The van der Waals surface area contributed by atoms with E-state index in [2.05, 4.69) is 40.7 Å². The van der Waals surface area contributed by atoms with Crippen LogP contribution in [0.5, 0.6) is 0 Å². The highest BCUT2D eigenvalue weighted by atomic mass is 32.2. The molecule has 0 unspecified atom stereocenters. The molecule has 0 atom stereocenters. The molecule has 4 aromatic rings. The zero-order valence-corrected chi connectivity index (χ0v) is 18.9. The molecule has 0 fully saturated rings. The maximum absolute atomic E-state index is 13.7. The van der Waals surface area contributed by atoms with E-state index in [1.54, 1.807) is 22.6 Å². The van der Waals surface area contributed by atoms with Crippen LogP contribution in [0.3, 0.4) is 0 Å². The van der Waals surface area contributed by atoms with Gasteiger partial charge in [0.15, 0.2) is 0 Å². The number of para-hydroxylation sites is 1. The fourth-order valence-electron chi connectivity index (χ4n) is 3.75. The number of fused-ring (bicyclic) bond motifs is 1. The molecular formula is C25H27N3O2S. The van der Waals surface area contributed by atoms with Crippen molar-refractivity contribution in [3.05, 3.63) is 95.9 Å². The van der Waals surface area contributed by atoms with Crippen LogP contribution in [0.2, 0.25) is 0 Å². The molecule has 2 aromatic heterocycles. The van der Waals surface area contributed by atoms with Gasteiger partial charge in [-0.05, 0) is 50.6 Å². The third-order valence-corrected chi connectivity index (χ3v) is 7.53. The summed E-state index contributed by atoms with van der Waals surface area (Å²) in [4.78, 5) is 4.60.